The van der Waals surface area contributed by atoms with Gasteiger partial charge >= 0.3 is 0 Å². The summed E-state index contributed by atoms with van der Waals surface area (Å²) in [4.78, 5) is 36.4. The van der Waals surface area contributed by atoms with Gasteiger partial charge in [0.1, 0.15) is 0 Å². The molecule has 0 unspecified atom stereocenters. The molecule has 7 heteroatoms. The molecule has 0 aliphatic carbocycles. The molecule has 0 saturated heterocycles. The van der Waals surface area contributed by atoms with Crippen LogP contribution in [0.25, 0.3) is 0 Å². The van der Waals surface area contributed by atoms with Crippen LogP contribution in [0.1, 0.15) is 39.7 Å². The maximum atomic E-state index is 12.5. The Balaban J connectivity index is 2.04. The van der Waals surface area contributed by atoms with E-state index in [1.54, 1.807) is 11.0 Å². The molecule has 2 rings (SSSR count). The van der Waals surface area contributed by atoms with Gasteiger partial charge in [-0.15, -0.1) is 0 Å². The number of hydrogen-bond acceptors (Lipinski definition) is 4. The zero-order valence-corrected chi connectivity index (χ0v) is 14.5. The van der Waals surface area contributed by atoms with E-state index in [4.69, 9.17) is 0 Å². The normalized spacial score (nSPS) is 16.7. The average molecular weight is 333 g/mol. The van der Waals surface area contributed by atoms with Gasteiger partial charge in [0.05, 0.1) is 4.92 Å². The molecule has 0 radical (unpaired) electrons. The minimum atomic E-state index is -0.491. The molecule has 2 amide bonds. The number of nitro groups is 1. The lowest BCUT2D eigenvalue weighted by Crippen LogP contribution is -2.40. The van der Waals surface area contributed by atoms with E-state index in [0.717, 1.165) is 11.3 Å². The highest BCUT2D eigenvalue weighted by Crippen LogP contribution is 2.35. The van der Waals surface area contributed by atoms with E-state index in [1.807, 2.05) is 27.7 Å². The van der Waals surface area contributed by atoms with E-state index >= 15 is 0 Å². The average Bonchev–Trinajstić information content (AvgIpc) is 2.80. The third-order valence-corrected chi connectivity index (χ3v) is 4.06. The third-order valence-electron chi connectivity index (χ3n) is 4.06. The number of carbonyl (C=O) groups is 2. The number of non-ortho nitro benzene ring substituents is 1. The van der Waals surface area contributed by atoms with Crippen LogP contribution in [0.4, 0.5) is 11.4 Å². The number of anilines is 1. The second-order valence-corrected chi connectivity index (χ2v) is 7.14. The first-order valence-corrected chi connectivity index (χ1v) is 7.99. The molecular weight excluding hydrogens is 310 g/mol. The fourth-order valence-electron chi connectivity index (χ4n) is 2.78. The number of nitro benzene ring substituents is 1. The first kappa shape index (κ1) is 17.9. The highest BCUT2D eigenvalue weighted by molar-refractivity contribution is 5.96. The lowest BCUT2D eigenvalue weighted by atomic mass is 9.96. The third kappa shape index (κ3) is 3.72. The summed E-state index contributed by atoms with van der Waals surface area (Å²) in [5.41, 5.74) is 1.08. The van der Waals surface area contributed by atoms with Crippen molar-refractivity contribution < 1.29 is 14.5 Å². The molecule has 1 aliphatic rings. The van der Waals surface area contributed by atoms with Crippen LogP contribution in [0, 0.1) is 15.5 Å². The zero-order chi connectivity index (χ0) is 18.1. The molecule has 0 bridgehead atoms. The molecule has 7 nitrogen and oxygen atoms in total. The van der Waals surface area contributed by atoms with Crippen LogP contribution in [-0.2, 0) is 16.0 Å². The molecular formula is C17H23N3O4. The summed E-state index contributed by atoms with van der Waals surface area (Å²) < 4.78 is 0. The molecule has 1 N–H and O–H groups in total. The van der Waals surface area contributed by atoms with Crippen LogP contribution in [0.5, 0.6) is 0 Å². The number of nitrogens with one attached hydrogen (secondary N) is 1. The molecule has 24 heavy (non-hydrogen) atoms. The maximum Gasteiger partial charge on any atom is 0.269 e. The van der Waals surface area contributed by atoms with Crippen LogP contribution < -0.4 is 10.2 Å². The molecule has 0 fully saturated rings. The first-order valence-electron chi connectivity index (χ1n) is 7.99. The Hall–Kier alpha value is -2.44. The molecule has 1 aromatic carbocycles. The van der Waals surface area contributed by atoms with E-state index in [1.165, 1.54) is 12.1 Å². The summed E-state index contributed by atoms with van der Waals surface area (Å²) in [6.07, 6.45) is 0.791. The molecule has 0 saturated carbocycles. The van der Waals surface area contributed by atoms with Crippen molar-refractivity contribution in [3.8, 4) is 0 Å². The SMILES string of the molecule is C[C@@H]1Cc2cc([N+](=O)[O-])ccc2N1C(=O)CCNC(=O)C(C)(C)C. The number of nitrogens with zero attached hydrogens (tertiary/aromatic N) is 2. The van der Waals surface area contributed by atoms with Gasteiger partial charge in [-0.2, -0.15) is 0 Å². The first-order chi connectivity index (χ1) is 11.1. The molecule has 0 aromatic heterocycles. The summed E-state index contributed by atoms with van der Waals surface area (Å²) in [6, 6.07) is 4.52. The highest BCUT2D eigenvalue weighted by atomic mass is 16.6. The van der Waals surface area contributed by atoms with Crippen molar-refractivity contribution >= 4 is 23.2 Å². The predicted octanol–water partition coefficient (Wildman–Crippen LogP) is 2.42. The second-order valence-electron chi connectivity index (χ2n) is 7.14. The Morgan fingerprint density at radius 2 is 2.04 bits per heavy atom. The van der Waals surface area contributed by atoms with E-state index < -0.39 is 10.3 Å². The second kappa shape index (κ2) is 6.59. The Morgan fingerprint density at radius 1 is 1.38 bits per heavy atom. The van der Waals surface area contributed by atoms with Crippen LogP contribution in [0.15, 0.2) is 18.2 Å². The Bertz CT molecular complexity index is 679. The number of rotatable bonds is 4. The van der Waals surface area contributed by atoms with Gasteiger partial charge in [-0.3, -0.25) is 19.7 Å². The summed E-state index contributed by atoms with van der Waals surface area (Å²) in [5, 5.41) is 13.6. The number of amides is 2. The number of carbonyl (C=O) groups excluding carboxylic acids is 2. The summed E-state index contributed by atoms with van der Waals surface area (Å²) >= 11 is 0. The quantitative estimate of drug-likeness (QED) is 0.676. The predicted molar refractivity (Wildman–Crippen MR) is 90.8 cm³/mol. The molecule has 1 atom stereocenters. The number of benzene rings is 1. The standard InChI is InChI=1S/C17H23N3O4/c1-11-9-12-10-13(20(23)24)5-6-14(12)19(11)15(21)7-8-18-16(22)17(2,3)4/h5-6,10-11H,7-9H2,1-4H3,(H,18,22)/t11-/m1/s1. The van der Waals surface area contributed by atoms with Crippen LogP contribution in [0.2, 0.25) is 0 Å². The summed E-state index contributed by atoms with van der Waals surface area (Å²) in [6.45, 7) is 7.64. The number of fused-ring (bicyclic) bond motifs is 1. The Kier molecular flexibility index (Phi) is 4.91. The largest absolute Gasteiger partial charge is 0.355 e. The molecule has 0 spiro atoms. The monoisotopic (exact) mass is 333 g/mol. The van der Waals surface area contributed by atoms with Gasteiger partial charge in [0.15, 0.2) is 0 Å². The van der Waals surface area contributed by atoms with E-state index in [0.29, 0.717) is 6.42 Å². The van der Waals surface area contributed by atoms with Crippen LogP contribution >= 0.6 is 0 Å². The highest BCUT2D eigenvalue weighted by Gasteiger charge is 2.32. The molecule has 1 aliphatic heterocycles. The number of hydrogen-bond donors (Lipinski definition) is 1. The molecule has 1 aromatic rings. The van der Waals surface area contributed by atoms with Gasteiger partial charge in [0, 0.05) is 42.2 Å². The van der Waals surface area contributed by atoms with Crippen LogP contribution in [-0.4, -0.2) is 29.3 Å². The van der Waals surface area contributed by atoms with Gasteiger partial charge in [-0.25, -0.2) is 0 Å². The van der Waals surface area contributed by atoms with Gasteiger partial charge in [0.25, 0.3) is 5.69 Å². The maximum absolute atomic E-state index is 12.5. The summed E-state index contributed by atoms with van der Waals surface area (Å²) in [7, 11) is 0. The fourth-order valence-corrected chi connectivity index (χ4v) is 2.78. The van der Waals surface area contributed by atoms with E-state index in [9.17, 15) is 19.7 Å². The topological polar surface area (TPSA) is 92.6 Å². The minimum absolute atomic E-state index is 0.0349. The van der Waals surface area contributed by atoms with E-state index in [-0.39, 0.29) is 36.5 Å². The van der Waals surface area contributed by atoms with Crippen molar-refractivity contribution in [1.82, 2.24) is 5.32 Å². The van der Waals surface area contributed by atoms with E-state index in [2.05, 4.69) is 5.32 Å². The van der Waals surface area contributed by atoms with Gasteiger partial charge in [0.2, 0.25) is 11.8 Å². The molecule has 1 heterocycles. The van der Waals surface area contributed by atoms with Crippen molar-refractivity contribution in [2.24, 2.45) is 5.41 Å². The van der Waals surface area contributed by atoms with Crippen molar-refractivity contribution in [2.45, 2.75) is 46.6 Å². The van der Waals surface area contributed by atoms with Crippen molar-refractivity contribution in [3.05, 3.63) is 33.9 Å². The molecule has 130 valence electrons. The Morgan fingerprint density at radius 3 is 2.62 bits per heavy atom. The smallest absolute Gasteiger partial charge is 0.269 e. The van der Waals surface area contributed by atoms with Gasteiger partial charge < -0.3 is 10.2 Å². The minimum Gasteiger partial charge on any atom is -0.355 e. The van der Waals surface area contributed by atoms with Gasteiger partial charge in [-0.1, -0.05) is 20.8 Å². The fraction of sp³-hybridized carbons (Fsp3) is 0.529. The lowest BCUT2D eigenvalue weighted by Gasteiger charge is -2.23. The van der Waals surface area contributed by atoms with Crippen LogP contribution in [0.3, 0.4) is 0 Å². The Labute approximate surface area is 141 Å². The van der Waals surface area contributed by atoms with Crippen molar-refractivity contribution in [1.29, 1.82) is 0 Å². The van der Waals surface area contributed by atoms with Crippen molar-refractivity contribution in [3.63, 3.8) is 0 Å². The van der Waals surface area contributed by atoms with Crippen molar-refractivity contribution in [2.75, 3.05) is 11.4 Å². The zero-order valence-electron chi connectivity index (χ0n) is 14.5. The van der Waals surface area contributed by atoms with Gasteiger partial charge in [-0.05, 0) is 25.0 Å². The summed E-state index contributed by atoms with van der Waals surface area (Å²) in [5.74, 6) is -0.190. The lowest BCUT2D eigenvalue weighted by molar-refractivity contribution is -0.384.